The molecule has 0 saturated heterocycles. The molecule has 2 heterocycles. The van der Waals surface area contributed by atoms with Crippen LogP contribution in [0.25, 0.3) is 0 Å². The van der Waals surface area contributed by atoms with E-state index in [9.17, 15) is 18.6 Å². The molecule has 0 bridgehead atoms. The summed E-state index contributed by atoms with van der Waals surface area (Å²) in [6.07, 6.45) is 0.123. The number of hydrogen-bond acceptors (Lipinski definition) is 5. The van der Waals surface area contributed by atoms with Crippen molar-refractivity contribution in [3.05, 3.63) is 59.9 Å². The van der Waals surface area contributed by atoms with Gasteiger partial charge in [0.25, 0.3) is 0 Å². The zero-order valence-corrected chi connectivity index (χ0v) is 11.2. The lowest BCUT2D eigenvalue weighted by Crippen LogP contribution is -2.28. The van der Waals surface area contributed by atoms with Crippen LogP contribution in [0.3, 0.4) is 0 Å². The lowest BCUT2D eigenvalue weighted by Gasteiger charge is -2.21. The van der Waals surface area contributed by atoms with Gasteiger partial charge in [0.15, 0.2) is 9.84 Å². The first kappa shape index (κ1) is 13.2. The molecule has 6 heteroatoms. The molecule has 0 fully saturated rings. The molecule has 0 radical (unpaired) electrons. The Kier molecular flexibility index (Phi) is 3.08. The fourth-order valence-electron chi connectivity index (χ4n) is 2.55. The normalized spacial score (nSPS) is 25.1. The van der Waals surface area contributed by atoms with Crippen molar-refractivity contribution in [3.8, 4) is 0 Å². The van der Waals surface area contributed by atoms with E-state index in [4.69, 9.17) is 0 Å². The van der Waals surface area contributed by atoms with Gasteiger partial charge in [-0.3, -0.25) is 4.98 Å². The molecule has 1 aliphatic heterocycles. The van der Waals surface area contributed by atoms with Crippen molar-refractivity contribution in [1.82, 2.24) is 4.98 Å². The number of hydrogen-bond donors (Lipinski definition) is 2. The fraction of sp³-hybridized carbons (Fsp3) is 0.214. The summed E-state index contributed by atoms with van der Waals surface area (Å²) >= 11 is 0. The van der Waals surface area contributed by atoms with Gasteiger partial charge in [-0.1, -0.05) is 30.3 Å². The minimum absolute atomic E-state index is 0.0416. The van der Waals surface area contributed by atoms with E-state index >= 15 is 0 Å². The number of nitrogens with zero attached hydrogens (tertiary/aromatic N) is 1. The van der Waals surface area contributed by atoms with E-state index in [1.54, 1.807) is 30.3 Å². The molecule has 0 saturated carbocycles. The van der Waals surface area contributed by atoms with E-state index in [0.717, 1.165) is 0 Å². The second-order valence-electron chi connectivity index (χ2n) is 4.72. The first-order valence-corrected chi connectivity index (χ1v) is 7.67. The van der Waals surface area contributed by atoms with Gasteiger partial charge in [-0.25, -0.2) is 8.42 Å². The molecular formula is C14H13NO4S. The molecule has 0 aliphatic carbocycles. The number of aromatic nitrogens is 1. The lowest BCUT2D eigenvalue weighted by molar-refractivity contribution is 0.0885. The van der Waals surface area contributed by atoms with Crippen LogP contribution in [0.15, 0.2) is 53.7 Å². The third-order valence-electron chi connectivity index (χ3n) is 3.56. The molecule has 104 valence electrons. The number of rotatable bonds is 2. The van der Waals surface area contributed by atoms with Crippen LogP contribution < -0.4 is 0 Å². The maximum Gasteiger partial charge on any atom is 0.187 e. The van der Waals surface area contributed by atoms with Gasteiger partial charge in [0, 0.05) is 18.0 Å². The summed E-state index contributed by atoms with van der Waals surface area (Å²) in [7, 11) is -3.78. The van der Waals surface area contributed by atoms with Crippen molar-refractivity contribution in [2.45, 2.75) is 22.4 Å². The molecule has 0 amide bonds. The quantitative estimate of drug-likeness (QED) is 0.862. The molecular weight excluding hydrogens is 278 g/mol. The summed E-state index contributed by atoms with van der Waals surface area (Å²) in [5.41, 5.74) is 0.702. The molecule has 3 unspecified atom stereocenters. The van der Waals surface area contributed by atoms with Crippen LogP contribution in [0.2, 0.25) is 0 Å². The molecule has 1 aromatic heterocycles. The summed E-state index contributed by atoms with van der Waals surface area (Å²) in [6.45, 7) is 0. The third kappa shape index (κ3) is 1.84. The molecule has 1 aromatic carbocycles. The molecule has 5 nitrogen and oxygen atoms in total. The van der Waals surface area contributed by atoms with Gasteiger partial charge in [-0.05, 0) is 11.6 Å². The minimum Gasteiger partial charge on any atom is -0.387 e. The van der Waals surface area contributed by atoms with Crippen molar-refractivity contribution in [3.63, 3.8) is 0 Å². The smallest absolute Gasteiger partial charge is 0.187 e. The Morgan fingerprint density at radius 2 is 1.85 bits per heavy atom. The zero-order valence-electron chi connectivity index (χ0n) is 10.4. The summed E-state index contributed by atoms with van der Waals surface area (Å²) in [6, 6.07) is 9.81. The summed E-state index contributed by atoms with van der Waals surface area (Å²) in [5, 5.41) is 19.3. The Morgan fingerprint density at radius 1 is 1.15 bits per heavy atom. The predicted octanol–water partition coefficient (Wildman–Crippen LogP) is 1.00. The molecule has 3 rings (SSSR count). The Morgan fingerprint density at radius 3 is 2.50 bits per heavy atom. The topological polar surface area (TPSA) is 87.5 Å². The zero-order chi connectivity index (χ0) is 14.3. The van der Waals surface area contributed by atoms with E-state index in [0.29, 0.717) is 5.56 Å². The van der Waals surface area contributed by atoms with Gasteiger partial charge in [0.2, 0.25) is 0 Å². The van der Waals surface area contributed by atoms with E-state index in [1.807, 2.05) is 0 Å². The molecule has 2 N–H and O–H groups in total. The van der Waals surface area contributed by atoms with Crippen molar-refractivity contribution < 1.29 is 18.6 Å². The number of fused-ring (bicyclic) bond motifs is 1. The van der Waals surface area contributed by atoms with Crippen LogP contribution in [0, 0.1) is 0 Å². The monoisotopic (exact) mass is 291 g/mol. The maximum atomic E-state index is 12.5. The molecule has 2 aromatic rings. The van der Waals surface area contributed by atoms with E-state index in [2.05, 4.69) is 4.98 Å². The van der Waals surface area contributed by atoms with Gasteiger partial charge in [-0.2, -0.15) is 0 Å². The largest absolute Gasteiger partial charge is 0.387 e. The van der Waals surface area contributed by atoms with Crippen molar-refractivity contribution in [2.24, 2.45) is 0 Å². The number of benzene rings is 1. The highest BCUT2D eigenvalue weighted by atomic mass is 32.2. The Hall–Kier alpha value is -1.76. The van der Waals surface area contributed by atoms with E-state index < -0.39 is 27.3 Å². The van der Waals surface area contributed by atoms with Crippen molar-refractivity contribution in [1.29, 1.82) is 0 Å². The van der Waals surface area contributed by atoms with Crippen LogP contribution >= 0.6 is 0 Å². The highest BCUT2D eigenvalue weighted by Crippen LogP contribution is 2.43. The molecule has 1 aliphatic rings. The minimum atomic E-state index is -3.78. The first-order valence-electron chi connectivity index (χ1n) is 6.12. The summed E-state index contributed by atoms with van der Waals surface area (Å²) in [5.74, 6) is 0. The van der Waals surface area contributed by atoms with Gasteiger partial charge in [0.1, 0.15) is 11.4 Å². The van der Waals surface area contributed by atoms with Crippen LogP contribution in [0.5, 0.6) is 0 Å². The highest BCUT2D eigenvalue weighted by molar-refractivity contribution is 7.92. The second-order valence-corrected chi connectivity index (χ2v) is 6.80. The van der Waals surface area contributed by atoms with Gasteiger partial charge in [0.05, 0.1) is 11.0 Å². The Balaban J connectivity index is 2.09. The highest BCUT2D eigenvalue weighted by Gasteiger charge is 2.48. The number of aliphatic hydroxyl groups is 2. The van der Waals surface area contributed by atoms with Gasteiger partial charge < -0.3 is 10.2 Å². The average molecular weight is 291 g/mol. The average Bonchev–Trinajstić information content (AvgIpc) is 2.67. The number of aliphatic hydroxyl groups excluding tert-OH is 2. The SMILES string of the molecule is O=S1(=O)c2ccncc2C(O)C1C(O)c1ccccc1. The standard InChI is InChI=1S/C14H13NO4S/c16-12(9-4-2-1-3-5-9)14-13(17)10-8-15-7-6-11(10)20(14,18)19/h1-8,12-14,16-17H. The second kappa shape index (κ2) is 4.66. The van der Waals surface area contributed by atoms with Crippen LogP contribution in [0.4, 0.5) is 0 Å². The van der Waals surface area contributed by atoms with Crippen LogP contribution in [-0.4, -0.2) is 28.9 Å². The number of sulfone groups is 1. The van der Waals surface area contributed by atoms with Gasteiger partial charge >= 0.3 is 0 Å². The van der Waals surface area contributed by atoms with Crippen molar-refractivity contribution in [2.75, 3.05) is 0 Å². The lowest BCUT2D eigenvalue weighted by atomic mass is 10.00. The molecule has 20 heavy (non-hydrogen) atoms. The predicted molar refractivity (Wildman–Crippen MR) is 71.6 cm³/mol. The van der Waals surface area contributed by atoms with Gasteiger partial charge in [-0.15, -0.1) is 0 Å². The number of pyridine rings is 1. The Bertz CT molecular complexity index is 730. The third-order valence-corrected chi connectivity index (χ3v) is 5.77. The van der Waals surface area contributed by atoms with Crippen LogP contribution in [-0.2, 0) is 9.84 Å². The molecule has 3 atom stereocenters. The molecule has 0 spiro atoms. The Labute approximate surface area is 116 Å². The van der Waals surface area contributed by atoms with E-state index in [-0.39, 0.29) is 10.5 Å². The maximum absolute atomic E-state index is 12.5. The van der Waals surface area contributed by atoms with E-state index in [1.165, 1.54) is 18.5 Å². The summed E-state index contributed by atoms with van der Waals surface area (Å²) in [4.78, 5) is 3.87. The van der Waals surface area contributed by atoms with Crippen molar-refractivity contribution >= 4 is 9.84 Å². The summed E-state index contributed by atoms with van der Waals surface area (Å²) < 4.78 is 24.9. The fourth-order valence-corrected chi connectivity index (χ4v) is 4.58. The van der Waals surface area contributed by atoms with Crippen LogP contribution in [0.1, 0.15) is 23.3 Å². The first-order chi connectivity index (χ1) is 9.53.